The molecule has 2 heterocycles. The van der Waals surface area contributed by atoms with Crippen molar-refractivity contribution in [3.63, 3.8) is 0 Å². The van der Waals surface area contributed by atoms with Crippen LogP contribution in [0.4, 0.5) is 0 Å². The number of carboxylic acid groups (broad SMARTS) is 1. The largest absolute Gasteiger partial charge is 0.480 e. The molecule has 0 radical (unpaired) electrons. The fraction of sp³-hybridized carbons (Fsp3) is 0.545. The lowest BCUT2D eigenvalue weighted by molar-refractivity contribution is -0.141. The molecule has 1 N–H and O–H groups in total. The highest BCUT2D eigenvalue weighted by atomic mass is 32.2. The molecule has 6 nitrogen and oxygen atoms in total. The maximum atomic E-state index is 12.3. The second-order valence-electron chi connectivity index (χ2n) is 4.10. The average molecular weight is 270 g/mol. The van der Waals surface area contributed by atoms with Gasteiger partial charge in [0.2, 0.25) is 5.76 Å². The molecular formula is C11H14N2O4S. The van der Waals surface area contributed by atoms with Crippen LogP contribution < -0.4 is 0 Å². The molecule has 0 spiro atoms. The highest BCUT2D eigenvalue weighted by Gasteiger charge is 2.42. The normalized spacial score (nSPS) is 23.3. The van der Waals surface area contributed by atoms with Gasteiger partial charge in [0, 0.05) is 11.8 Å². The van der Waals surface area contributed by atoms with Crippen molar-refractivity contribution in [1.82, 2.24) is 10.1 Å². The number of nitrogens with zero attached hydrogens (tertiary/aromatic N) is 2. The van der Waals surface area contributed by atoms with Crippen LogP contribution in [0.25, 0.3) is 0 Å². The van der Waals surface area contributed by atoms with Gasteiger partial charge in [-0.25, -0.2) is 4.79 Å². The molecule has 1 saturated heterocycles. The lowest BCUT2D eigenvalue weighted by atomic mass is 10.2. The number of aromatic nitrogens is 1. The van der Waals surface area contributed by atoms with Gasteiger partial charge < -0.3 is 14.5 Å². The number of carbonyl (C=O) groups is 2. The van der Waals surface area contributed by atoms with E-state index < -0.39 is 17.9 Å². The van der Waals surface area contributed by atoms with Crippen LogP contribution in [-0.2, 0) is 4.79 Å². The molecule has 18 heavy (non-hydrogen) atoms. The molecule has 0 aliphatic carbocycles. The Balaban J connectivity index is 2.27. The molecule has 0 saturated carbocycles. The summed E-state index contributed by atoms with van der Waals surface area (Å²) in [6.07, 6.45) is 0.702. The first-order valence-corrected chi connectivity index (χ1v) is 6.69. The Morgan fingerprint density at radius 3 is 2.89 bits per heavy atom. The van der Waals surface area contributed by atoms with Crippen molar-refractivity contribution in [1.29, 1.82) is 0 Å². The molecule has 2 atom stereocenters. The molecule has 98 valence electrons. The number of aliphatic carboxylic acids is 1. The molecule has 1 aromatic rings. The van der Waals surface area contributed by atoms with E-state index in [-0.39, 0.29) is 11.1 Å². The standard InChI is InChI=1S/C11H14N2O4S/c1-3-9-13(7(5-18-9)11(15)16)10(14)8-4-6(2)12-17-8/h4,7,9H,3,5H2,1-2H3,(H,15,16). The third kappa shape index (κ3) is 2.22. The van der Waals surface area contributed by atoms with Gasteiger partial charge in [-0.05, 0) is 13.3 Å². The average Bonchev–Trinajstić information content (AvgIpc) is 2.93. The lowest BCUT2D eigenvalue weighted by Crippen LogP contribution is -2.45. The van der Waals surface area contributed by atoms with Crippen LogP contribution >= 0.6 is 11.8 Å². The van der Waals surface area contributed by atoms with Gasteiger partial charge in [-0.3, -0.25) is 4.79 Å². The fourth-order valence-electron chi connectivity index (χ4n) is 1.93. The molecular weight excluding hydrogens is 256 g/mol. The van der Waals surface area contributed by atoms with E-state index in [9.17, 15) is 9.59 Å². The number of rotatable bonds is 3. The minimum atomic E-state index is -0.983. The Kier molecular flexibility index (Phi) is 3.60. The topological polar surface area (TPSA) is 83.6 Å². The van der Waals surface area contributed by atoms with Crippen LogP contribution in [0.15, 0.2) is 10.6 Å². The minimum absolute atomic E-state index is 0.0969. The van der Waals surface area contributed by atoms with Gasteiger partial charge in [-0.2, -0.15) is 0 Å². The number of aryl methyl sites for hydroxylation is 1. The third-order valence-electron chi connectivity index (χ3n) is 2.80. The van der Waals surface area contributed by atoms with E-state index in [0.717, 1.165) is 0 Å². The van der Waals surface area contributed by atoms with Crippen molar-refractivity contribution in [3.8, 4) is 0 Å². The summed E-state index contributed by atoms with van der Waals surface area (Å²) in [7, 11) is 0. The van der Waals surface area contributed by atoms with E-state index in [1.165, 1.54) is 22.7 Å². The van der Waals surface area contributed by atoms with Crippen LogP contribution in [0.1, 0.15) is 29.6 Å². The summed E-state index contributed by atoms with van der Waals surface area (Å²) in [5.41, 5.74) is 0.602. The first-order chi connectivity index (χ1) is 8.54. The molecule has 1 fully saturated rings. The zero-order valence-corrected chi connectivity index (χ0v) is 10.9. The predicted molar refractivity (Wildman–Crippen MR) is 65.4 cm³/mol. The third-order valence-corrected chi connectivity index (χ3v) is 4.25. The zero-order chi connectivity index (χ0) is 13.3. The van der Waals surface area contributed by atoms with Crippen molar-refractivity contribution in [3.05, 3.63) is 17.5 Å². The maximum Gasteiger partial charge on any atom is 0.327 e. The molecule has 7 heteroatoms. The van der Waals surface area contributed by atoms with Gasteiger partial charge >= 0.3 is 5.97 Å². The first kappa shape index (κ1) is 12.9. The van der Waals surface area contributed by atoms with E-state index in [4.69, 9.17) is 9.63 Å². The van der Waals surface area contributed by atoms with Crippen LogP contribution in [0.2, 0.25) is 0 Å². The van der Waals surface area contributed by atoms with Crippen LogP contribution in [0.3, 0.4) is 0 Å². The van der Waals surface area contributed by atoms with Crippen molar-refractivity contribution in [2.75, 3.05) is 5.75 Å². The van der Waals surface area contributed by atoms with E-state index in [2.05, 4.69) is 5.16 Å². The van der Waals surface area contributed by atoms with Gasteiger partial charge in [0.25, 0.3) is 5.91 Å². The Morgan fingerprint density at radius 1 is 1.67 bits per heavy atom. The van der Waals surface area contributed by atoms with E-state index in [1.807, 2.05) is 6.92 Å². The molecule has 2 rings (SSSR count). The van der Waals surface area contributed by atoms with Crippen LogP contribution in [0, 0.1) is 6.92 Å². The molecule has 0 bridgehead atoms. The molecule has 0 aromatic carbocycles. The summed E-state index contributed by atoms with van der Waals surface area (Å²) in [5.74, 6) is -0.880. The first-order valence-electron chi connectivity index (χ1n) is 5.65. The maximum absolute atomic E-state index is 12.3. The van der Waals surface area contributed by atoms with Crippen molar-refractivity contribution in [2.24, 2.45) is 0 Å². The van der Waals surface area contributed by atoms with Gasteiger partial charge in [0.05, 0.1) is 11.1 Å². The minimum Gasteiger partial charge on any atom is -0.480 e. The Morgan fingerprint density at radius 2 is 2.39 bits per heavy atom. The van der Waals surface area contributed by atoms with E-state index in [1.54, 1.807) is 6.92 Å². The van der Waals surface area contributed by atoms with Crippen LogP contribution in [-0.4, -0.2) is 44.2 Å². The second-order valence-corrected chi connectivity index (χ2v) is 5.31. The monoisotopic (exact) mass is 270 g/mol. The van der Waals surface area contributed by atoms with Gasteiger partial charge in [0.15, 0.2) is 0 Å². The number of carboxylic acids is 1. The smallest absolute Gasteiger partial charge is 0.327 e. The van der Waals surface area contributed by atoms with Crippen molar-refractivity contribution < 1.29 is 19.2 Å². The number of amides is 1. The number of carbonyl (C=O) groups excluding carboxylic acids is 1. The Labute approximate surface area is 108 Å². The predicted octanol–water partition coefficient (Wildman–Crippen LogP) is 1.36. The van der Waals surface area contributed by atoms with Gasteiger partial charge in [-0.1, -0.05) is 12.1 Å². The number of hydrogen-bond acceptors (Lipinski definition) is 5. The summed E-state index contributed by atoms with van der Waals surface area (Å²) in [4.78, 5) is 24.8. The highest BCUT2D eigenvalue weighted by Crippen LogP contribution is 2.32. The van der Waals surface area contributed by atoms with Crippen molar-refractivity contribution in [2.45, 2.75) is 31.7 Å². The van der Waals surface area contributed by atoms with Crippen LogP contribution in [0.5, 0.6) is 0 Å². The lowest BCUT2D eigenvalue weighted by Gasteiger charge is -2.25. The summed E-state index contributed by atoms with van der Waals surface area (Å²) in [5, 5.41) is 12.7. The zero-order valence-electron chi connectivity index (χ0n) is 10.1. The summed E-state index contributed by atoms with van der Waals surface area (Å²) in [6.45, 7) is 3.64. The molecule has 1 aromatic heterocycles. The number of thioether (sulfide) groups is 1. The molecule has 1 amide bonds. The molecule has 2 unspecified atom stereocenters. The van der Waals surface area contributed by atoms with Gasteiger partial charge in [0.1, 0.15) is 6.04 Å². The number of hydrogen-bond donors (Lipinski definition) is 1. The van der Waals surface area contributed by atoms with E-state index in [0.29, 0.717) is 17.9 Å². The Hall–Kier alpha value is -1.50. The summed E-state index contributed by atoms with van der Waals surface area (Å²) < 4.78 is 4.92. The second kappa shape index (κ2) is 5.01. The highest BCUT2D eigenvalue weighted by molar-refractivity contribution is 8.00. The van der Waals surface area contributed by atoms with E-state index >= 15 is 0 Å². The van der Waals surface area contributed by atoms with Gasteiger partial charge in [-0.15, -0.1) is 11.8 Å². The molecule has 1 aliphatic rings. The fourth-order valence-corrected chi connectivity index (χ4v) is 3.28. The van der Waals surface area contributed by atoms with Crippen molar-refractivity contribution >= 4 is 23.6 Å². The molecule has 1 aliphatic heterocycles. The summed E-state index contributed by atoms with van der Waals surface area (Å²) >= 11 is 1.48. The summed E-state index contributed by atoms with van der Waals surface area (Å²) in [6, 6.07) is 0.731. The quantitative estimate of drug-likeness (QED) is 0.892. The Bertz CT molecular complexity index is 473. The SMILES string of the molecule is CCC1SCC(C(=O)O)N1C(=O)c1cc(C)no1.